The monoisotopic (exact) mass is 395 g/mol. The minimum Gasteiger partial charge on any atom is -0.347 e. The Morgan fingerprint density at radius 2 is 1.93 bits per heavy atom. The Labute approximate surface area is 168 Å². The topological polar surface area (TPSA) is 54.3 Å². The fourth-order valence-corrected chi connectivity index (χ4v) is 3.95. The summed E-state index contributed by atoms with van der Waals surface area (Å²) in [6.07, 6.45) is 1.33. The molecule has 0 saturated carbocycles. The molecule has 144 valence electrons. The van der Waals surface area contributed by atoms with E-state index in [4.69, 9.17) is 11.6 Å². The van der Waals surface area contributed by atoms with Crippen LogP contribution in [0.2, 0.25) is 5.02 Å². The lowest BCUT2D eigenvalue weighted by Crippen LogP contribution is -2.30. The van der Waals surface area contributed by atoms with Crippen LogP contribution in [0.5, 0.6) is 0 Å². The van der Waals surface area contributed by atoms with Crippen LogP contribution in [0.15, 0.2) is 42.5 Å². The Balaban J connectivity index is 1.74. The Morgan fingerprint density at radius 3 is 2.61 bits per heavy atom. The summed E-state index contributed by atoms with van der Waals surface area (Å²) in [5, 5.41) is 4.59. The van der Waals surface area contributed by atoms with E-state index in [1.54, 1.807) is 17.0 Å². The highest BCUT2D eigenvalue weighted by Gasteiger charge is 2.31. The van der Waals surface area contributed by atoms with Gasteiger partial charge in [0.25, 0.3) is 5.91 Å². The number of nitrogens with one attached hydrogen (secondary N) is 1. The van der Waals surface area contributed by atoms with Gasteiger partial charge in [-0.1, -0.05) is 35.4 Å². The van der Waals surface area contributed by atoms with E-state index in [9.17, 15) is 9.59 Å². The van der Waals surface area contributed by atoms with E-state index in [0.29, 0.717) is 30.2 Å². The van der Waals surface area contributed by atoms with E-state index < -0.39 is 0 Å². The minimum atomic E-state index is -0.194. The number of hydrogen-bond acceptors (Lipinski definition) is 2. The maximum Gasteiger partial charge on any atom is 0.270 e. The number of fused-ring (bicyclic) bond motifs is 1. The van der Waals surface area contributed by atoms with Gasteiger partial charge in [0.2, 0.25) is 5.91 Å². The molecule has 4 rings (SSSR count). The number of benzene rings is 2. The second-order valence-electron chi connectivity index (χ2n) is 7.23. The summed E-state index contributed by atoms with van der Waals surface area (Å²) in [7, 11) is 1.87. The fourth-order valence-electron chi connectivity index (χ4n) is 3.82. The Bertz CT molecular complexity index is 1070. The van der Waals surface area contributed by atoms with Crippen LogP contribution >= 0.6 is 11.6 Å². The molecule has 0 radical (unpaired) electrons. The molecule has 2 heterocycles. The van der Waals surface area contributed by atoms with E-state index in [2.05, 4.69) is 5.32 Å². The number of rotatable bonds is 4. The van der Waals surface area contributed by atoms with Crippen LogP contribution in [0.3, 0.4) is 0 Å². The number of carbonyl (C=O) groups is 2. The average Bonchev–Trinajstić information content (AvgIpc) is 3.21. The van der Waals surface area contributed by atoms with Gasteiger partial charge in [0.05, 0.1) is 11.2 Å². The first-order valence-corrected chi connectivity index (χ1v) is 9.75. The molecule has 1 saturated heterocycles. The highest BCUT2D eigenvalue weighted by Crippen LogP contribution is 2.36. The first-order valence-electron chi connectivity index (χ1n) is 9.38. The van der Waals surface area contributed by atoms with Crippen LogP contribution in [0.4, 0.5) is 5.69 Å². The highest BCUT2D eigenvalue weighted by atomic mass is 35.5. The molecule has 0 bridgehead atoms. The predicted molar refractivity (Wildman–Crippen MR) is 112 cm³/mol. The molecule has 0 spiro atoms. The van der Waals surface area contributed by atoms with Crippen molar-refractivity contribution in [2.24, 2.45) is 7.05 Å². The number of anilines is 1. The van der Waals surface area contributed by atoms with Gasteiger partial charge in [0.15, 0.2) is 0 Å². The lowest BCUT2D eigenvalue weighted by molar-refractivity contribution is -0.117. The maximum atomic E-state index is 13.1. The van der Waals surface area contributed by atoms with Gasteiger partial charge in [-0.2, -0.15) is 0 Å². The van der Waals surface area contributed by atoms with E-state index in [1.165, 1.54) is 0 Å². The summed E-state index contributed by atoms with van der Waals surface area (Å²) in [6, 6.07) is 13.5. The van der Waals surface area contributed by atoms with Crippen LogP contribution in [0, 0.1) is 6.92 Å². The van der Waals surface area contributed by atoms with Crippen molar-refractivity contribution in [2.75, 3.05) is 11.4 Å². The summed E-state index contributed by atoms with van der Waals surface area (Å²) in [5.74, 6) is -0.123. The van der Waals surface area contributed by atoms with Crippen molar-refractivity contribution in [3.05, 3.63) is 64.3 Å². The van der Waals surface area contributed by atoms with Gasteiger partial charge in [-0.05, 0) is 43.2 Å². The summed E-state index contributed by atoms with van der Waals surface area (Å²) < 4.78 is 1.88. The van der Waals surface area contributed by atoms with E-state index >= 15 is 0 Å². The predicted octanol–water partition coefficient (Wildman–Crippen LogP) is 4.20. The van der Waals surface area contributed by atoms with Gasteiger partial charge < -0.3 is 14.8 Å². The fraction of sp³-hybridized carbons (Fsp3) is 0.273. The standard InChI is InChI=1S/C22H22ClN3O2/c1-14-5-10-18-17(12-14)20(26-11-3-4-19(26)27)21(25(18)2)22(28)24-13-15-6-8-16(23)9-7-15/h5-10,12H,3-4,11,13H2,1-2H3,(H,24,28). The van der Waals surface area contributed by atoms with Crippen molar-refractivity contribution in [1.82, 2.24) is 9.88 Å². The smallest absolute Gasteiger partial charge is 0.270 e. The van der Waals surface area contributed by atoms with Gasteiger partial charge >= 0.3 is 0 Å². The summed E-state index contributed by atoms with van der Waals surface area (Å²) in [4.78, 5) is 27.4. The van der Waals surface area contributed by atoms with Crippen molar-refractivity contribution in [2.45, 2.75) is 26.3 Å². The molecule has 1 aliphatic rings. The van der Waals surface area contributed by atoms with Crippen LogP contribution in [0.25, 0.3) is 10.9 Å². The molecule has 1 N–H and O–H groups in total. The number of aromatic nitrogens is 1. The molecular formula is C22H22ClN3O2. The molecule has 1 fully saturated rings. The highest BCUT2D eigenvalue weighted by molar-refractivity contribution is 6.30. The van der Waals surface area contributed by atoms with Crippen LogP contribution in [-0.2, 0) is 18.4 Å². The molecule has 6 heteroatoms. The second kappa shape index (κ2) is 7.32. The molecular weight excluding hydrogens is 374 g/mol. The van der Waals surface area contributed by atoms with Crippen molar-refractivity contribution < 1.29 is 9.59 Å². The molecule has 0 atom stereocenters. The Morgan fingerprint density at radius 1 is 1.18 bits per heavy atom. The van der Waals surface area contributed by atoms with Gasteiger partial charge in [0, 0.05) is 37.0 Å². The summed E-state index contributed by atoms with van der Waals surface area (Å²) >= 11 is 5.93. The van der Waals surface area contributed by atoms with E-state index in [1.807, 2.05) is 48.9 Å². The Kier molecular flexibility index (Phi) is 4.85. The van der Waals surface area contributed by atoms with Gasteiger partial charge in [-0.3, -0.25) is 9.59 Å². The number of aryl methyl sites for hydroxylation is 2. The third kappa shape index (κ3) is 3.27. The van der Waals surface area contributed by atoms with Crippen LogP contribution in [0.1, 0.15) is 34.5 Å². The second-order valence-corrected chi connectivity index (χ2v) is 7.67. The zero-order chi connectivity index (χ0) is 19.8. The van der Waals surface area contributed by atoms with E-state index in [-0.39, 0.29) is 11.8 Å². The molecule has 5 nitrogen and oxygen atoms in total. The number of halogens is 1. The van der Waals surface area contributed by atoms with Crippen molar-refractivity contribution >= 4 is 40.0 Å². The van der Waals surface area contributed by atoms with Crippen LogP contribution in [-0.4, -0.2) is 22.9 Å². The molecule has 28 heavy (non-hydrogen) atoms. The first-order chi connectivity index (χ1) is 13.5. The molecule has 1 aromatic heterocycles. The van der Waals surface area contributed by atoms with Gasteiger partial charge in [0.1, 0.15) is 5.69 Å². The molecule has 2 amide bonds. The molecule has 2 aromatic carbocycles. The van der Waals surface area contributed by atoms with Crippen molar-refractivity contribution in [3.8, 4) is 0 Å². The van der Waals surface area contributed by atoms with Crippen molar-refractivity contribution in [1.29, 1.82) is 0 Å². The molecule has 0 unspecified atom stereocenters. The first kappa shape index (κ1) is 18.6. The lowest BCUT2D eigenvalue weighted by Gasteiger charge is -2.18. The van der Waals surface area contributed by atoms with Gasteiger partial charge in [-0.15, -0.1) is 0 Å². The summed E-state index contributed by atoms with van der Waals surface area (Å²) in [5.41, 5.74) is 4.24. The maximum absolute atomic E-state index is 13.1. The average molecular weight is 396 g/mol. The normalized spacial score (nSPS) is 14.1. The zero-order valence-electron chi connectivity index (χ0n) is 16.0. The third-order valence-corrected chi connectivity index (χ3v) is 5.50. The van der Waals surface area contributed by atoms with E-state index in [0.717, 1.165) is 34.1 Å². The third-order valence-electron chi connectivity index (χ3n) is 5.25. The summed E-state index contributed by atoms with van der Waals surface area (Å²) in [6.45, 7) is 3.05. The number of amides is 2. The minimum absolute atomic E-state index is 0.0701. The number of hydrogen-bond donors (Lipinski definition) is 1. The van der Waals surface area contributed by atoms with Gasteiger partial charge in [-0.25, -0.2) is 0 Å². The number of nitrogens with zero attached hydrogens (tertiary/aromatic N) is 2. The number of carbonyl (C=O) groups excluding carboxylic acids is 2. The molecule has 1 aliphatic heterocycles. The lowest BCUT2D eigenvalue weighted by atomic mass is 10.1. The SMILES string of the molecule is Cc1ccc2c(c1)c(N1CCCC1=O)c(C(=O)NCc1ccc(Cl)cc1)n2C. The molecule has 0 aliphatic carbocycles. The Hall–Kier alpha value is -2.79. The van der Waals surface area contributed by atoms with Crippen molar-refractivity contribution in [3.63, 3.8) is 0 Å². The largest absolute Gasteiger partial charge is 0.347 e. The van der Waals surface area contributed by atoms with Crippen LogP contribution < -0.4 is 10.2 Å². The quantitative estimate of drug-likeness (QED) is 0.719. The molecule has 3 aromatic rings. The zero-order valence-corrected chi connectivity index (χ0v) is 16.7.